The van der Waals surface area contributed by atoms with Crippen LogP contribution in [0, 0.1) is 0 Å². The van der Waals surface area contributed by atoms with Gasteiger partial charge in [-0.1, -0.05) is 18.2 Å². The fourth-order valence-corrected chi connectivity index (χ4v) is 3.07. The van der Waals surface area contributed by atoms with E-state index in [1.165, 1.54) is 0 Å². The van der Waals surface area contributed by atoms with Crippen molar-refractivity contribution < 1.29 is 0 Å². The van der Waals surface area contributed by atoms with Crippen molar-refractivity contribution in [2.24, 2.45) is 0 Å². The highest BCUT2D eigenvalue weighted by Crippen LogP contribution is 2.35. The smallest absolute Gasteiger partial charge is 0.0463 e. The number of nitrogens with two attached hydrogens (primary N) is 2. The summed E-state index contributed by atoms with van der Waals surface area (Å²) in [4.78, 5) is 2.20. The zero-order valence-corrected chi connectivity index (χ0v) is 15.4. The van der Waals surface area contributed by atoms with Crippen LogP contribution in [0.5, 0.6) is 0 Å². The van der Waals surface area contributed by atoms with Gasteiger partial charge in [0, 0.05) is 39.8 Å². The van der Waals surface area contributed by atoms with Crippen LogP contribution in [0.4, 0.5) is 39.8 Å². The number of hydrogen-bond donors (Lipinski definition) is 3. The minimum absolute atomic E-state index is 0.750. The third kappa shape index (κ3) is 3.91. The minimum atomic E-state index is 0.750. The number of nitrogens with one attached hydrogen (secondary N) is 1. The molecule has 4 nitrogen and oxygen atoms in total. The number of rotatable bonds is 5. The lowest BCUT2D eigenvalue weighted by Crippen LogP contribution is -2.09. The van der Waals surface area contributed by atoms with Gasteiger partial charge >= 0.3 is 0 Å². The van der Waals surface area contributed by atoms with Crippen molar-refractivity contribution in [1.29, 1.82) is 0 Å². The number of nitrogens with zero attached hydrogens (tertiary/aromatic N) is 1. The fourth-order valence-electron chi connectivity index (χ4n) is 3.07. The second-order valence-corrected chi connectivity index (χ2v) is 6.56. The molecule has 4 aromatic carbocycles. The van der Waals surface area contributed by atoms with Gasteiger partial charge in [0.25, 0.3) is 0 Å². The van der Waals surface area contributed by atoms with Crippen molar-refractivity contribution in [1.82, 2.24) is 0 Å². The van der Waals surface area contributed by atoms with E-state index < -0.39 is 0 Å². The van der Waals surface area contributed by atoms with Gasteiger partial charge in [0.05, 0.1) is 0 Å². The van der Waals surface area contributed by atoms with E-state index in [1.54, 1.807) is 0 Å². The summed E-state index contributed by atoms with van der Waals surface area (Å²) in [6.07, 6.45) is 0. The van der Waals surface area contributed by atoms with E-state index in [9.17, 15) is 0 Å². The normalized spacial score (nSPS) is 10.4. The van der Waals surface area contributed by atoms with Gasteiger partial charge in [-0.15, -0.1) is 0 Å². The lowest BCUT2D eigenvalue weighted by atomic mass is 10.1. The maximum Gasteiger partial charge on any atom is 0.0463 e. The molecule has 0 aliphatic heterocycles. The summed E-state index contributed by atoms with van der Waals surface area (Å²) >= 11 is 0. The second-order valence-electron chi connectivity index (χ2n) is 6.56. The van der Waals surface area contributed by atoms with E-state index in [0.29, 0.717) is 0 Å². The van der Waals surface area contributed by atoms with Crippen LogP contribution in [0.1, 0.15) is 0 Å². The van der Waals surface area contributed by atoms with E-state index in [1.807, 2.05) is 66.7 Å². The van der Waals surface area contributed by atoms with E-state index in [-0.39, 0.29) is 0 Å². The first-order valence-corrected chi connectivity index (χ1v) is 9.12. The lowest BCUT2D eigenvalue weighted by Gasteiger charge is -2.25. The predicted octanol–water partition coefficient (Wildman–Crippen LogP) is 6.06. The summed E-state index contributed by atoms with van der Waals surface area (Å²) in [6.45, 7) is 0. The minimum Gasteiger partial charge on any atom is -0.399 e. The van der Waals surface area contributed by atoms with E-state index in [4.69, 9.17) is 11.5 Å². The predicted molar refractivity (Wildman–Crippen MR) is 120 cm³/mol. The average Bonchev–Trinajstić information content (AvgIpc) is 2.73. The summed E-state index contributed by atoms with van der Waals surface area (Å²) < 4.78 is 0. The van der Waals surface area contributed by atoms with E-state index in [2.05, 4.69) is 46.6 Å². The molecule has 0 aliphatic rings. The number of nitrogen functional groups attached to an aromatic ring is 2. The molecule has 0 spiro atoms. The molecule has 0 heterocycles. The standard InChI is InChI=1S/C24H22N4/c25-18-6-10-20(11-7-18)27-21-12-16-24(17-13-21)28(22-4-2-1-3-5-22)23-14-8-19(26)9-15-23/h1-17,27H,25-26H2. The Morgan fingerprint density at radius 2 is 0.857 bits per heavy atom. The quantitative estimate of drug-likeness (QED) is 0.375. The molecule has 0 aliphatic carbocycles. The van der Waals surface area contributed by atoms with Gasteiger partial charge in [-0.2, -0.15) is 0 Å². The molecule has 0 atom stereocenters. The summed E-state index contributed by atoms with van der Waals surface area (Å²) in [6, 6.07) is 34.2. The Bertz CT molecular complexity index is 1020. The monoisotopic (exact) mass is 366 g/mol. The Labute approximate surface area is 165 Å². The fraction of sp³-hybridized carbons (Fsp3) is 0. The molecule has 0 saturated heterocycles. The Balaban J connectivity index is 1.65. The SMILES string of the molecule is Nc1ccc(Nc2ccc(N(c3ccccc3)c3ccc(N)cc3)cc2)cc1. The maximum atomic E-state index is 5.87. The third-order valence-corrected chi connectivity index (χ3v) is 4.49. The van der Waals surface area contributed by atoms with Crippen molar-refractivity contribution in [3.05, 3.63) is 103 Å². The van der Waals surface area contributed by atoms with Crippen LogP contribution >= 0.6 is 0 Å². The molecule has 4 rings (SSSR count). The molecule has 0 bridgehead atoms. The molecule has 0 saturated carbocycles. The van der Waals surface area contributed by atoms with Gasteiger partial charge in [-0.3, -0.25) is 0 Å². The molecule has 0 aromatic heterocycles. The van der Waals surface area contributed by atoms with E-state index in [0.717, 1.165) is 39.8 Å². The van der Waals surface area contributed by atoms with Crippen LogP contribution in [0.2, 0.25) is 0 Å². The topological polar surface area (TPSA) is 67.3 Å². The maximum absolute atomic E-state index is 5.87. The summed E-state index contributed by atoms with van der Waals surface area (Å²) in [5.41, 5.74) is 18.4. The van der Waals surface area contributed by atoms with Crippen molar-refractivity contribution in [3.8, 4) is 0 Å². The highest BCUT2D eigenvalue weighted by atomic mass is 15.1. The highest BCUT2D eigenvalue weighted by Gasteiger charge is 2.11. The summed E-state index contributed by atoms with van der Waals surface area (Å²) in [5, 5.41) is 3.39. The van der Waals surface area contributed by atoms with E-state index >= 15 is 0 Å². The first kappa shape index (κ1) is 17.5. The number of benzene rings is 4. The number of hydrogen-bond acceptors (Lipinski definition) is 4. The molecule has 138 valence electrons. The highest BCUT2D eigenvalue weighted by molar-refractivity contribution is 5.78. The Morgan fingerprint density at radius 3 is 1.39 bits per heavy atom. The Kier molecular flexibility index (Phi) is 4.85. The second kappa shape index (κ2) is 7.76. The van der Waals surface area contributed by atoms with Crippen molar-refractivity contribution >= 4 is 39.8 Å². The van der Waals surface area contributed by atoms with Gasteiger partial charge < -0.3 is 21.7 Å². The molecule has 0 amide bonds. The van der Waals surface area contributed by atoms with Crippen LogP contribution in [0.15, 0.2) is 103 Å². The Hall–Kier alpha value is -3.92. The van der Waals surface area contributed by atoms with Gasteiger partial charge in [0.15, 0.2) is 0 Å². The van der Waals surface area contributed by atoms with Gasteiger partial charge in [0.2, 0.25) is 0 Å². The molecule has 0 radical (unpaired) electrons. The van der Waals surface area contributed by atoms with Crippen molar-refractivity contribution in [2.75, 3.05) is 21.7 Å². The zero-order chi connectivity index (χ0) is 19.3. The zero-order valence-electron chi connectivity index (χ0n) is 15.4. The van der Waals surface area contributed by atoms with Crippen LogP contribution < -0.4 is 21.7 Å². The lowest BCUT2D eigenvalue weighted by molar-refractivity contribution is 1.28. The summed E-state index contributed by atoms with van der Waals surface area (Å²) in [7, 11) is 0. The van der Waals surface area contributed by atoms with Crippen LogP contribution in [0.25, 0.3) is 0 Å². The van der Waals surface area contributed by atoms with Gasteiger partial charge in [0.1, 0.15) is 0 Å². The van der Waals surface area contributed by atoms with Crippen molar-refractivity contribution in [2.45, 2.75) is 0 Å². The largest absolute Gasteiger partial charge is 0.399 e. The molecular weight excluding hydrogens is 344 g/mol. The molecule has 5 N–H and O–H groups in total. The first-order chi connectivity index (χ1) is 13.7. The third-order valence-electron chi connectivity index (χ3n) is 4.49. The van der Waals surface area contributed by atoms with Gasteiger partial charge in [-0.25, -0.2) is 0 Å². The molecule has 4 aromatic rings. The molecule has 0 fully saturated rings. The van der Waals surface area contributed by atoms with Gasteiger partial charge in [-0.05, 0) is 84.9 Å². The number of anilines is 7. The number of para-hydroxylation sites is 1. The van der Waals surface area contributed by atoms with Crippen LogP contribution in [0.3, 0.4) is 0 Å². The molecular formula is C24H22N4. The Morgan fingerprint density at radius 1 is 0.464 bits per heavy atom. The molecule has 28 heavy (non-hydrogen) atoms. The van der Waals surface area contributed by atoms with Crippen LogP contribution in [-0.2, 0) is 0 Å². The van der Waals surface area contributed by atoms with Crippen molar-refractivity contribution in [3.63, 3.8) is 0 Å². The van der Waals surface area contributed by atoms with Crippen LogP contribution in [-0.4, -0.2) is 0 Å². The summed E-state index contributed by atoms with van der Waals surface area (Å²) in [5.74, 6) is 0. The first-order valence-electron chi connectivity index (χ1n) is 9.12. The average molecular weight is 366 g/mol. The molecule has 4 heteroatoms. The molecule has 0 unspecified atom stereocenters.